The number of aromatic nitrogens is 1. The summed E-state index contributed by atoms with van der Waals surface area (Å²) in [5, 5.41) is 10.4. The summed E-state index contributed by atoms with van der Waals surface area (Å²) in [5.74, 6) is -0.164. The van der Waals surface area contributed by atoms with Crippen molar-refractivity contribution in [2.75, 3.05) is 26.2 Å². The molecular formula is C24H29FN2O. The molecule has 1 aliphatic heterocycles. The molecule has 4 heteroatoms. The molecule has 1 aromatic heterocycles. The third-order valence-corrected chi connectivity index (χ3v) is 5.99. The van der Waals surface area contributed by atoms with E-state index in [2.05, 4.69) is 39.9 Å². The fourth-order valence-electron chi connectivity index (χ4n) is 4.31. The highest BCUT2D eigenvalue weighted by Crippen LogP contribution is 2.28. The van der Waals surface area contributed by atoms with Gasteiger partial charge in [0.25, 0.3) is 0 Å². The second-order valence-electron chi connectivity index (χ2n) is 7.89. The SMILES string of the molecule is OCCCc1ccc2ccn(C3CCN(CCc4ccc(F)cc4)CC3)c2c1. The summed E-state index contributed by atoms with van der Waals surface area (Å²) in [5.41, 5.74) is 3.83. The monoisotopic (exact) mass is 380 g/mol. The maximum absolute atomic E-state index is 13.0. The van der Waals surface area contributed by atoms with Crippen LogP contribution in [0.25, 0.3) is 10.9 Å². The van der Waals surface area contributed by atoms with Gasteiger partial charge in [-0.25, -0.2) is 4.39 Å². The maximum atomic E-state index is 13.0. The van der Waals surface area contributed by atoms with E-state index in [0.29, 0.717) is 6.04 Å². The minimum absolute atomic E-state index is 0.164. The summed E-state index contributed by atoms with van der Waals surface area (Å²) in [7, 11) is 0. The van der Waals surface area contributed by atoms with Crippen LogP contribution in [0.2, 0.25) is 0 Å². The third-order valence-electron chi connectivity index (χ3n) is 5.99. The average Bonchev–Trinajstić information content (AvgIpc) is 3.15. The number of benzene rings is 2. The van der Waals surface area contributed by atoms with E-state index in [1.54, 1.807) is 12.1 Å². The number of hydrogen-bond donors (Lipinski definition) is 1. The lowest BCUT2D eigenvalue weighted by Crippen LogP contribution is -2.35. The molecule has 0 atom stereocenters. The van der Waals surface area contributed by atoms with Crippen molar-refractivity contribution >= 4 is 10.9 Å². The van der Waals surface area contributed by atoms with Crippen LogP contribution in [0.5, 0.6) is 0 Å². The van der Waals surface area contributed by atoms with Crippen LogP contribution in [0.15, 0.2) is 54.7 Å². The first-order valence-electron chi connectivity index (χ1n) is 10.4. The Bertz CT molecular complexity index is 895. The van der Waals surface area contributed by atoms with Crippen molar-refractivity contribution < 1.29 is 9.50 Å². The van der Waals surface area contributed by atoms with Gasteiger partial charge in [0.2, 0.25) is 0 Å². The van der Waals surface area contributed by atoms with Gasteiger partial charge >= 0.3 is 0 Å². The standard InChI is InChI=1S/C24H29FN2O/c25-22-7-4-19(5-8-22)9-13-26-14-11-23(12-15-26)27-16-10-21-6-3-20(2-1-17-28)18-24(21)27/h3-8,10,16,18,23,28H,1-2,9,11-15,17H2. The first-order chi connectivity index (χ1) is 13.7. The van der Waals surface area contributed by atoms with Gasteiger partial charge in [0.1, 0.15) is 5.82 Å². The lowest BCUT2D eigenvalue weighted by molar-refractivity contribution is 0.190. The van der Waals surface area contributed by atoms with Crippen LogP contribution in [0.1, 0.15) is 36.4 Å². The zero-order valence-corrected chi connectivity index (χ0v) is 16.4. The number of rotatable bonds is 7. The van der Waals surface area contributed by atoms with Gasteiger partial charge in [0, 0.05) is 44.0 Å². The second kappa shape index (κ2) is 8.89. The Labute approximate surface area is 166 Å². The molecule has 3 aromatic rings. The van der Waals surface area contributed by atoms with Gasteiger partial charge in [-0.05, 0) is 72.9 Å². The Kier molecular flexibility index (Phi) is 6.08. The molecule has 148 valence electrons. The molecule has 2 aromatic carbocycles. The van der Waals surface area contributed by atoms with Crippen molar-refractivity contribution in [3.05, 3.63) is 71.7 Å². The topological polar surface area (TPSA) is 28.4 Å². The van der Waals surface area contributed by atoms with E-state index in [1.807, 2.05) is 12.1 Å². The van der Waals surface area contributed by atoms with Crippen molar-refractivity contribution in [3.8, 4) is 0 Å². The highest BCUT2D eigenvalue weighted by molar-refractivity contribution is 5.81. The molecule has 0 spiro atoms. The summed E-state index contributed by atoms with van der Waals surface area (Å²) in [6, 6.07) is 16.3. The van der Waals surface area contributed by atoms with Crippen LogP contribution < -0.4 is 0 Å². The summed E-state index contributed by atoms with van der Waals surface area (Å²) in [6.45, 7) is 3.50. The fourth-order valence-corrected chi connectivity index (χ4v) is 4.31. The minimum Gasteiger partial charge on any atom is -0.396 e. The maximum Gasteiger partial charge on any atom is 0.123 e. The van der Waals surface area contributed by atoms with Crippen LogP contribution in [0.3, 0.4) is 0 Å². The van der Waals surface area contributed by atoms with Gasteiger partial charge in [-0.3, -0.25) is 0 Å². The summed E-state index contributed by atoms with van der Waals surface area (Å²) in [4.78, 5) is 2.53. The molecule has 1 fully saturated rings. The molecule has 0 saturated carbocycles. The molecule has 1 saturated heterocycles. The highest BCUT2D eigenvalue weighted by Gasteiger charge is 2.21. The van der Waals surface area contributed by atoms with E-state index in [9.17, 15) is 4.39 Å². The summed E-state index contributed by atoms with van der Waals surface area (Å²) in [6.07, 6.45) is 7.28. The molecular weight excluding hydrogens is 351 g/mol. The molecule has 0 bridgehead atoms. The highest BCUT2D eigenvalue weighted by atomic mass is 19.1. The number of halogens is 1. The molecule has 3 nitrogen and oxygen atoms in total. The molecule has 0 unspecified atom stereocenters. The fraction of sp³-hybridized carbons (Fsp3) is 0.417. The van der Waals surface area contributed by atoms with E-state index < -0.39 is 0 Å². The van der Waals surface area contributed by atoms with Gasteiger partial charge < -0.3 is 14.6 Å². The predicted octanol–water partition coefficient (Wildman–Crippen LogP) is 4.58. The van der Waals surface area contributed by atoms with E-state index in [1.165, 1.54) is 22.0 Å². The van der Waals surface area contributed by atoms with E-state index in [-0.39, 0.29) is 12.4 Å². The number of aliphatic hydroxyl groups excluding tert-OH is 1. The van der Waals surface area contributed by atoms with Crippen LogP contribution in [-0.4, -0.2) is 40.8 Å². The van der Waals surface area contributed by atoms with Crippen molar-refractivity contribution in [2.45, 2.75) is 38.1 Å². The molecule has 2 heterocycles. The average molecular weight is 381 g/mol. The second-order valence-corrected chi connectivity index (χ2v) is 7.89. The largest absolute Gasteiger partial charge is 0.396 e. The molecule has 0 amide bonds. The van der Waals surface area contributed by atoms with Gasteiger partial charge in [-0.15, -0.1) is 0 Å². The zero-order valence-electron chi connectivity index (χ0n) is 16.4. The van der Waals surface area contributed by atoms with Crippen molar-refractivity contribution in [3.63, 3.8) is 0 Å². The predicted molar refractivity (Wildman–Crippen MR) is 112 cm³/mol. The number of hydrogen-bond acceptors (Lipinski definition) is 2. The molecule has 1 aliphatic rings. The molecule has 1 N–H and O–H groups in total. The smallest absolute Gasteiger partial charge is 0.123 e. The van der Waals surface area contributed by atoms with Gasteiger partial charge in [0.05, 0.1) is 0 Å². The summed E-state index contributed by atoms with van der Waals surface area (Å²) >= 11 is 0. The minimum atomic E-state index is -0.164. The Morgan fingerprint density at radius 3 is 2.43 bits per heavy atom. The quantitative estimate of drug-likeness (QED) is 0.650. The lowest BCUT2D eigenvalue weighted by atomic mass is 10.0. The zero-order chi connectivity index (χ0) is 19.3. The molecule has 28 heavy (non-hydrogen) atoms. The number of aliphatic hydroxyl groups is 1. The van der Waals surface area contributed by atoms with Crippen LogP contribution >= 0.6 is 0 Å². The van der Waals surface area contributed by atoms with E-state index in [0.717, 1.165) is 51.7 Å². The number of fused-ring (bicyclic) bond motifs is 1. The van der Waals surface area contributed by atoms with Crippen molar-refractivity contribution in [1.82, 2.24) is 9.47 Å². The number of likely N-dealkylation sites (tertiary alicyclic amines) is 1. The third kappa shape index (κ3) is 4.45. The van der Waals surface area contributed by atoms with Crippen LogP contribution in [0.4, 0.5) is 4.39 Å². The van der Waals surface area contributed by atoms with Crippen LogP contribution in [-0.2, 0) is 12.8 Å². The summed E-state index contributed by atoms with van der Waals surface area (Å²) < 4.78 is 15.5. The van der Waals surface area contributed by atoms with E-state index >= 15 is 0 Å². The molecule has 4 rings (SSSR count). The lowest BCUT2D eigenvalue weighted by Gasteiger charge is -2.33. The van der Waals surface area contributed by atoms with Crippen molar-refractivity contribution in [2.24, 2.45) is 0 Å². The van der Waals surface area contributed by atoms with Crippen molar-refractivity contribution in [1.29, 1.82) is 0 Å². The first kappa shape index (κ1) is 19.2. The molecule has 0 radical (unpaired) electrons. The molecule has 0 aliphatic carbocycles. The number of aryl methyl sites for hydroxylation is 1. The normalized spacial score (nSPS) is 16.1. The van der Waals surface area contributed by atoms with Gasteiger partial charge in [-0.1, -0.05) is 24.3 Å². The van der Waals surface area contributed by atoms with E-state index in [4.69, 9.17) is 5.11 Å². The Morgan fingerprint density at radius 1 is 0.929 bits per heavy atom. The first-order valence-corrected chi connectivity index (χ1v) is 10.4. The Morgan fingerprint density at radius 2 is 1.68 bits per heavy atom. The number of nitrogens with zero attached hydrogens (tertiary/aromatic N) is 2. The van der Waals surface area contributed by atoms with Crippen LogP contribution in [0, 0.1) is 5.82 Å². The van der Waals surface area contributed by atoms with Gasteiger partial charge in [-0.2, -0.15) is 0 Å². The van der Waals surface area contributed by atoms with Gasteiger partial charge in [0.15, 0.2) is 0 Å². The Hall–Kier alpha value is -2.17. The Balaban J connectivity index is 1.36. The number of piperidine rings is 1.